The first-order chi connectivity index (χ1) is 12.2. The summed E-state index contributed by atoms with van der Waals surface area (Å²) in [7, 11) is 0. The summed E-state index contributed by atoms with van der Waals surface area (Å²) in [4.78, 5) is 7.42. The summed E-state index contributed by atoms with van der Waals surface area (Å²) >= 11 is 6.11. The molecule has 132 valence electrons. The molecule has 0 radical (unpaired) electrons. The van der Waals surface area contributed by atoms with Gasteiger partial charge in [-0.15, -0.1) is 0 Å². The summed E-state index contributed by atoms with van der Waals surface area (Å²) in [6.45, 7) is 0.831. The molecule has 2 heterocycles. The zero-order valence-electron chi connectivity index (χ0n) is 14.0. The third-order valence-corrected chi connectivity index (χ3v) is 5.28. The van der Waals surface area contributed by atoms with Crippen molar-refractivity contribution in [1.82, 2.24) is 4.98 Å². The molecule has 1 atom stereocenters. The van der Waals surface area contributed by atoms with Crippen LogP contribution < -0.4 is 10.6 Å². The molecule has 3 N–H and O–H groups in total. The van der Waals surface area contributed by atoms with Crippen LogP contribution in [-0.4, -0.2) is 23.2 Å². The van der Waals surface area contributed by atoms with Crippen LogP contribution in [0.15, 0.2) is 29.4 Å². The van der Waals surface area contributed by atoms with Crippen LogP contribution in [0.3, 0.4) is 0 Å². The van der Waals surface area contributed by atoms with E-state index in [2.05, 4.69) is 20.6 Å². The van der Waals surface area contributed by atoms with E-state index in [1.54, 1.807) is 12.3 Å². The number of rotatable bonds is 4. The summed E-state index contributed by atoms with van der Waals surface area (Å²) in [6, 6.07) is 5.17. The number of hydrogen-bond acceptors (Lipinski definition) is 3. The summed E-state index contributed by atoms with van der Waals surface area (Å²) in [5, 5.41) is 6.51. The van der Waals surface area contributed by atoms with Gasteiger partial charge in [0.25, 0.3) is 0 Å². The SMILES string of the molecule is Fc1ccc(-c2c[nH]c3c2NC(Cl)C=N3)cc1NCC1CCCCC1. The highest BCUT2D eigenvalue weighted by Crippen LogP contribution is 2.39. The van der Waals surface area contributed by atoms with Crippen LogP contribution >= 0.6 is 11.6 Å². The summed E-state index contributed by atoms with van der Waals surface area (Å²) in [5.41, 5.74) is 2.94. The minimum Gasteiger partial charge on any atom is -0.382 e. The number of alkyl halides is 1. The Balaban J connectivity index is 1.55. The highest BCUT2D eigenvalue weighted by atomic mass is 35.5. The van der Waals surface area contributed by atoms with E-state index in [9.17, 15) is 4.39 Å². The number of benzene rings is 1. The van der Waals surface area contributed by atoms with Crippen molar-refractivity contribution in [1.29, 1.82) is 0 Å². The molecule has 25 heavy (non-hydrogen) atoms. The first-order valence-corrected chi connectivity index (χ1v) is 9.34. The van der Waals surface area contributed by atoms with Crippen LogP contribution in [-0.2, 0) is 0 Å². The Morgan fingerprint density at radius 2 is 2.08 bits per heavy atom. The summed E-state index contributed by atoms with van der Waals surface area (Å²) < 4.78 is 14.2. The predicted molar refractivity (Wildman–Crippen MR) is 103 cm³/mol. The lowest BCUT2D eigenvalue weighted by molar-refractivity contribution is 0.373. The average molecular weight is 361 g/mol. The predicted octanol–water partition coefficient (Wildman–Crippen LogP) is 5.51. The molecule has 1 aromatic carbocycles. The van der Waals surface area contributed by atoms with Crippen LogP contribution in [0.1, 0.15) is 32.1 Å². The van der Waals surface area contributed by atoms with Crippen molar-refractivity contribution < 1.29 is 4.39 Å². The maximum absolute atomic E-state index is 14.2. The maximum atomic E-state index is 14.2. The number of aromatic nitrogens is 1. The Labute approximate surface area is 151 Å². The summed E-state index contributed by atoms with van der Waals surface area (Å²) in [5.74, 6) is 1.17. The van der Waals surface area contributed by atoms with Gasteiger partial charge in [-0.05, 0) is 36.5 Å². The molecule has 2 aromatic rings. The topological polar surface area (TPSA) is 52.2 Å². The van der Waals surface area contributed by atoms with E-state index in [1.165, 1.54) is 38.2 Å². The number of halogens is 2. The summed E-state index contributed by atoms with van der Waals surface area (Å²) in [6.07, 6.45) is 9.90. The molecule has 1 aliphatic heterocycles. The van der Waals surface area contributed by atoms with Crippen LogP contribution in [0.25, 0.3) is 11.1 Å². The van der Waals surface area contributed by atoms with Crippen LogP contribution in [0.2, 0.25) is 0 Å². The van der Waals surface area contributed by atoms with Gasteiger partial charge in [-0.2, -0.15) is 0 Å². The molecule has 4 nitrogen and oxygen atoms in total. The number of H-pyrrole nitrogens is 1. The second kappa shape index (κ2) is 7.08. The first kappa shape index (κ1) is 16.5. The van der Waals surface area contributed by atoms with E-state index in [-0.39, 0.29) is 11.3 Å². The molecule has 0 amide bonds. The normalized spacial score (nSPS) is 20.2. The number of nitrogens with zero attached hydrogens (tertiary/aromatic N) is 1. The molecule has 1 aromatic heterocycles. The number of aromatic amines is 1. The number of aliphatic imine (C=N–C) groups is 1. The molecular weight excluding hydrogens is 339 g/mol. The van der Waals surface area contributed by atoms with E-state index in [0.717, 1.165) is 29.2 Å². The van der Waals surface area contributed by atoms with Gasteiger partial charge >= 0.3 is 0 Å². The largest absolute Gasteiger partial charge is 0.382 e. The third kappa shape index (κ3) is 3.52. The minimum atomic E-state index is -0.341. The molecule has 2 aliphatic rings. The number of hydrogen-bond donors (Lipinski definition) is 3. The van der Waals surface area contributed by atoms with E-state index in [4.69, 9.17) is 11.6 Å². The average Bonchev–Trinajstić information content (AvgIpc) is 3.05. The Kier molecular flexibility index (Phi) is 4.66. The van der Waals surface area contributed by atoms with Gasteiger partial charge in [0.1, 0.15) is 11.3 Å². The Bertz CT molecular complexity index is 780. The van der Waals surface area contributed by atoms with Crippen LogP contribution in [0.4, 0.5) is 21.6 Å². The molecule has 6 heteroatoms. The quantitative estimate of drug-likeness (QED) is 0.497. The zero-order chi connectivity index (χ0) is 17.2. The van der Waals surface area contributed by atoms with Gasteiger partial charge in [0, 0.05) is 24.5 Å². The lowest BCUT2D eigenvalue weighted by Crippen LogP contribution is -2.17. The van der Waals surface area contributed by atoms with Crippen LogP contribution in [0.5, 0.6) is 0 Å². The highest BCUT2D eigenvalue weighted by molar-refractivity contribution is 6.30. The van der Waals surface area contributed by atoms with E-state index in [1.807, 2.05) is 12.3 Å². The fraction of sp³-hybridized carbons (Fsp3) is 0.421. The molecular formula is C19H22ClFN4. The zero-order valence-corrected chi connectivity index (χ0v) is 14.7. The molecule has 0 saturated heterocycles. The van der Waals surface area contributed by atoms with Gasteiger partial charge in [0.2, 0.25) is 0 Å². The van der Waals surface area contributed by atoms with Crippen LogP contribution in [0, 0.1) is 11.7 Å². The second-order valence-corrected chi connectivity index (χ2v) is 7.30. The standard InChI is InChI=1S/C19H22ClFN4/c20-17-11-24-19-18(25-17)14(10-23-19)13-6-7-15(21)16(8-13)22-9-12-4-2-1-3-5-12/h6-8,10-12,17,22-23,25H,1-5,9H2. The number of anilines is 2. The van der Waals surface area contributed by atoms with Crippen molar-refractivity contribution in [3.8, 4) is 11.1 Å². The van der Waals surface area contributed by atoms with Gasteiger partial charge in [-0.1, -0.05) is 36.9 Å². The Hall–Kier alpha value is -2.01. The van der Waals surface area contributed by atoms with Gasteiger partial charge in [0.15, 0.2) is 5.82 Å². The van der Waals surface area contributed by atoms with Crippen molar-refractivity contribution in [3.63, 3.8) is 0 Å². The Morgan fingerprint density at radius 1 is 1.24 bits per heavy atom. The van der Waals surface area contributed by atoms with Crippen molar-refractivity contribution in [2.75, 3.05) is 17.2 Å². The van der Waals surface area contributed by atoms with E-state index >= 15 is 0 Å². The lowest BCUT2D eigenvalue weighted by Gasteiger charge is -2.22. The molecule has 0 bridgehead atoms. The molecule has 1 fully saturated rings. The smallest absolute Gasteiger partial charge is 0.153 e. The molecule has 1 saturated carbocycles. The number of fused-ring (bicyclic) bond motifs is 1. The van der Waals surface area contributed by atoms with Crippen molar-refractivity contribution in [2.24, 2.45) is 10.9 Å². The molecule has 1 aliphatic carbocycles. The number of nitrogens with one attached hydrogen (secondary N) is 3. The van der Waals surface area contributed by atoms with Gasteiger partial charge in [-0.3, -0.25) is 0 Å². The minimum absolute atomic E-state index is 0.217. The monoisotopic (exact) mass is 360 g/mol. The maximum Gasteiger partial charge on any atom is 0.153 e. The fourth-order valence-corrected chi connectivity index (χ4v) is 3.84. The molecule has 0 spiro atoms. The second-order valence-electron chi connectivity index (χ2n) is 6.83. The highest BCUT2D eigenvalue weighted by Gasteiger charge is 2.19. The van der Waals surface area contributed by atoms with E-state index < -0.39 is 0 Å². The van der Waals surface area contributed by atoms with Crippen molar-refractivity contribution in [3.05, 3.63) is 30.2 Å². The Morgan fingerprint density at radius 3 is 2.92 bits per heavy atom. The van der Waals surface area contributed by atoms with Crippen molar-refractivity contribution in [2.45, 2.75) is 37.6 Å². The molecule has 1 unspecified atom stereocenters. The third-order valence-electron chi connectivity index (χ3n) is 5.06. The first-order valence-electron chi connectivity index (χ1n) is 8.90. The fourth-order valence-electron chi connectivity index (χ4n) is 3.68. The van der Waals surface area contributed by atoms with Gasteiger partial charge in [0.05, 0.1) is 11.4 Å². The van der Waals surface area contributed by atoms with E-state index in [0.29, 0.717) is 11.6 Å². The van der Waals surface area contributed by atoms with Gasteiger partial charge in [-0.25, -0.2) is 9.38 Å². The van der Waals surface area contributed by atoms with Crippen molar-refractivity contribution >= 4 is 35.0 Å². The molecule has 4 rings (SSSR count). The van der Waals surface area contributed by atoms with Gasteiger partial charge < -0.3 is 15.6 Å². The lowest BCUT2D eigenvalue weighted by atomic mass is 9.89.